The Hall–Kier alpha value is -1.49. The minimum atomic E-state index is -4.60. The Balaban J connectivity index is 3.03. The van der Waals surface area contributed by atoms with E-state index in [2.05, 4.69) is 15.4 Å². The molecule has 0 bridgehead atoms. The lowest BCUT2D eigenvalue weighted by atomic mass is 10.3. The monoisotopic (exact) mass is 162 g/mol. The molecule has 11 heavy (non-hydrogen) atoms. The van der Waals surface area contributed by atoms with Crippen LogP contribution >= 0.6 is 0 Å². The van der Waals surface area contributed by atoms with Crippen LogP contribution in [0, 0.1) is 5.41 Å². The van der Waals surface area contributed by atoms with Crippen LogP contribution in [0.15, 0.2) is 21.1 Å². The molecule has 1 aliphatic rings. The normalized spacial score (nSPS) is 16.6. The minimum Gasteiger partial charge on any atom is -0.257 e. The number of hydrogen-bond acceptors (Lipinski definition) is 4. The summed E-state index contributed by atoms with van der Waals surface area (Å²) >= 11 is 0. The molecule has 0 unspecified atom stereocenters. The highest BCUT2D eigenvalue weighted by molar-refractivity contribution is 6.09. The smallest absolute Gasteiger partial charge is 0.257 e. The van der Waals surface area contributed by atoms with E-state index in [4.69, 9.17) is 5.41 Å². The van der Waals surface area contributed by atoms with E-state index in [9.17, 15) is 13.2 Å². The number of allylic oxidation sites excluding steroid dienone is 1. The molecule has 0 amide bonds. The lowest BCUT2D eigenvalue weighted by Gasteiger charge is -2.01. The molecule has 0 saturated heterocycles. The molecule has 0 aromatic heterocycles. The maximum atomic E-state index is 11.8. The van der Waals surface area contributed by atoms with Crippen molar-refractivity contribution in [3.8, 4) is 0 Å². The van der Waals surface area contributed by atoms with Gasteiger partial charge in [-0.3, -0.25) is 5.41 Å². The summed E-state index contributed by atoms with van der Waals surface area (Å²) in [5.74, 6) is 1.48. The van der Waals surface area contributed by atoms with Gasteiger partial charge in [-0.25, -0.2) is 0 Å². The van der Waals surface area contributed by atoms with Crippen molar-refractivity contribution in [3.05, 3.63) is 5.70 Å². The molecule has 0 fully saturated rings. The molecular weight excluding hydrogens is 161 g/mol. The average Bonchev–Trinajstić information content (AvgIpc) is 2.31. The second kappa shape index (κ2) is 2.28. The summed E-state index contributed by atoms with van der Waals surface area (Å²) in [6.45, 7) is 0. The summed E-state index contributed by atoms with van der Waals surface area (Å²) in [4.78, 5) is 0. The fourth-order valence-electron chi connectivity index (χ4n) is 0.482. The Bertz CT molecular complexity index is 280. The van der Waals surface area contributed by atoms with Crippen molar-refractivity contribution in [1.82, 2.24) is 0 Å². The summed E-state index contributed by atoms with van der Waals surface area (Å²) in [5.41, 5.74) is -1.95. The van der Waals surface area contributed by atoms with Crippen LogP contribution in [0.4, 0.5) is 13.2 Å². The van der Waals surface area contributed by atoms with Gasteiger partial charge >= 0.3 is 6.18 Å². The van der Waals surface area contributed by atoms with Crippen molar-refractivity contribution in [1.29, 1.82) is 5.41 Å². The number of nitrogens with zero attached hydrogens (tertiary/aromatic N) is 3. The second-order valence-electron chi connectivity index (χ2n) is 1.61. The van der Waals surface area contributed by atoms with Crippen molar-refractivity contribution < 1.29 is 13.2 Å². The lowest BCUT2D eigenvalue weighted by Crippen LogP contribution is -2.22. The fourth-order valence-corrected chi connectivity index (χ4v) is 0.482. The molecule has 0 aromatic rings. The van der Waals surface area contributed by atoms with Crippen molar-refractivity contribution >= 4 is 11.6 Å². The first-order valence-corrected chi connectivity index (χ1v) is 2.41. The van der Waals surface area contributed by atoms with E-state index in [1.54, 1.807) is 0 Å². The molecule has 0 spiro atoms. The van der Waals surface area contributed by atoms with Crippen LogP contribution < -0.4 is 0 Å². The molecule has 0 saturated carbocycles. The van der Waals surface area contributed by atoms with E-state index in [1.165, 1.54) is 5.87 Å². The Labute approximate surface area is 58.6 Å². The quantitative estimate of drug-likeness (QED) is 0.524. The van der Waals surface area contributed by atoms with Gasteiger partial charge in [0, 0.05) is 5.87 Å². The summed E-state index contributed by atoms with van der Waals surface area (Å²) in [5, 5.41) is 14.8. The van der Waals surface area contributed by atoms with Crippen molar-refractivity contribution in [2.24, 2.45) is 15.4 Å². The van der Waals surface area contributed by atoms with Crippen LogP contribution in [0.3, 0.4) is 0 Å². The fraction of sp³-hybridized carbons (Fsp3) is 0.250. The Morgan fingerprint density at radius 2 is 2.00 bits per heavy atom. The van der Waals surface area contributed by atoms with Crippen LogP contribution in [0.5, 0.6) is 0 Å². The predicted molar refractivity (Wildman–Crippen MR) is 29.6 cm³/mol. The summed E-state index contributed by atoms with van der Waals surface area (Å²) in [6.07, 6.45) is -4.60. The van der Waals surface area contributed by atoms with Gasteiger partial charge in [0.15, 0.2) is 5.70 Å². The largest absolute Gasteiger partial charge is 0.438 e. The molecule has 1 N–H and O–H groups in total. The van der Waals surface area contributed by atoms with Crippen molar-refractivity contribution in [3.63, 3.8) is 0 Å². The molecular formula is C4HF3N4. The molecule has 1 aliphatic heterocycles. The summed E-state index contributed by atoms with van der Waals surface area (Å²) in [7, 11) is 0. The molecule has 0 atom stereocenters. The third-order valence-corrected chi connectivity index (χ3v) is 0.901. The molecule has 0 radical (unpaired) electrons. The first-order valence-electron chi connectivity index (χ1n) is 2.41. The molecule has 1 heterocycles. The standard InChI is InChI=1S/C4HF3N4/c5-4(6,7)3-2(1-8)9-11-10-3/h8H. The highest BCUT2D eigenvalue weighted by Crippen LogP contribution is 2.24. The molecule has 58 valence electrons. The van der Waals surface area contributed by atoms with Crippen LogP contribution in [-0.2, 0) is 0 Å². The molecule has 1 rings (SSSR count). The van der Waals surface area contributed by atoms with Gasteiger partial charge in [-0.1, -0.05) is 0 Å². The van der Waals surface area contributed by atoms with Gasteiger partial charge in [-0.05, 0) is 5.22 Å². The van der Waals surface area contributed by atoms with Crippen molar-refractivity contribution in [2.45, 2.75) is 6.18 Å². The second-order valence-corrected chi connectivity index (χ2v) is 1.61. The number of alkyl halides is 3. The highest BCUT2D eigenvalue weighted by atomic mass is 19.4. The van der Waals surface area contributed by atoms with E-state index < -0.39 is 17.6 Å². The zero-order chi connectivity index (χ0) is 8.48. The van der Waals surface area contributed by atoms with Gasteiger partial charge < -0.3 is 0 Å². The molecule has 0 aliphatic carbocycles. The maximum absolute atomic E-state index is 11.8. The van der Waals surface area contributed by atoms with Crippen molar-refractivity contribution in [2.75, 3.05) is 0 Å². The Morgan fingerprint density at radius 3 is 2.36 bits per heavy atom. The number of halogens is 3. The van der Waals surface area contributed by atoms with E-state index >= 15 is 0 Å². The zero-order valence-corrected chi connectivity index (χ0v) is 4.98. The highest BCUT2D eigenvalue weighted by Gasteiger charge is 2.41. The Kier molecular flexibility index (Phi) is 1.58. The molecule has 0 aromatic carbocycles. The lowest BCUT2D eigenvalue weighted by molar-refractivity contribution is -0.0580. The predicted octanol–water partition coefficient (Wildman–Crippen LogP) is 1.50. The van der Waals surface area contributed by atoms with Crippen LogP contribution in [0.2, 0.25) is 0 Å². The van der Waals surface area contributed by atoms with Gasteiger partial charge in [0.1, 0.15) is 0 Å². The SMILES string of the molecule is N=C=C1N=NN=C1C(F)(F)F. The summed E-state index contributed by atoms with van der Waals surface area (Å²) in [6, 6.07) is 0. The number of nitrogens with one attached hydrogen (secondary N) is 1. The third-order valence-electron chi connectivity index (χ3n) is 0.901. The number of hydrogen-bond donors (Lipinski definition) is 1. The van der Waals surface area contributed by atoms with E-state index in [0.29, 0.717) is 0 Å². The topological polar surface area (TPSA) is 60.9 Å². The van der Waals surface area contributed by atoms with Crippen LogP contribution in [0.25, 0.3) is 0 Å². The van der Waals surface area contributed by atoms with Gasteiger partial charge in [0.25, 0.3) is 0 Å². The molecule has 4 nitrogen and oxygen atoms in total. The Morgan fingerprint density at radius 1 is 1.36 bits per heavy atom. The van der Waals surface area contributed by atoms with Crippen LogP contribution in [-0.4, -0.2) is 17.8 Å². The van der Waals surface area contributed by atoms with E-state index in [-0.39, 0.29) is 0 Å². The first-order chi connectivity index (χ1) is 5.05. The van der Waals surface area contributed by atoms with Gasteiger partial charge in [0.2, 0.25) is 5.71 Å². The van der Waals surface area contributed by atoms with Gasteiger partial charge in [-0.15, -0.1) is 10.2 Å². The van der Waals surface area contributed by atoms with Crippen LogP contribution in [0.1, 0.15) is 0 Å². The van der Waals surface area contributed by atoms with Gasteiger partial charge in [-0.2, -0.15) is 13.2 Å². The molecule has 7 heteroatoms. The minimum absolute atomic E-state index is 0.683. The first kappa shape index (κ1) is 7.62. The summed E-state index contributed by atoms with van der Waals surface area (Å²) < 4.78 is 35.4. The van der Waals surface area contributed by atoms with Gasteiger partial charge in [0.05, 0.1) is 0 Å². The maximum Gasteiger partial charge on any atom is 0.438 e. The van der Waals surface area contributed by atoms with E-state index in [0.717, 1.165) is 0 Å². The third kappa shape index (κ3) is 1.32. The zero-order valence-electron chi connectivity index (χ0n) is 4.98. The average molecular weight is 162 g/mol. The number of rotatable bonds is 0. The van der Waals surface area contributed by atoms with E-state index in [1.807, 2.05) is 0 Å².